The third-order valence-corrected chi connectivity index (χ3v) is 2.83. The van der Waals surface area contributed by atoms with E-state index >= 15 is 0 Å². The summed E-state index contributed by atoms with van der Waals surface area (Å²) in [7, 11) is 7.17. The highest BCUT2D eigenvalue weighted by molar-refractivity contribution is 7.42. The van der Waals surface area contributed by atoms with Crippen molar-refractivity contribution in [3.63, 3.8) is 0 Å². The normalized spacial score (nSPS) is 11.5. The maximum atomic E-state index is 10.3. The number of hydrogen-bond donors (Lipinski definition) is 7. The topological polar surface area (TPSA) is 256 Å². The lowest BCUT2D eigenvalue weighted by molar-refractivity contribution is -0.870. The predicted octanol–water partition coefficient (Wildman–Crippen LogP) is -4.07. The molecule has 194 valence electrons. The van der Waals surface area contributed by atoms with Crippen molar-refractivity contribution < 1.29 is 73.2 Å². The molecular weight excluding hydrogens is 459 g/mol. The van der Waals surface area contributed by atoms with E-state index in [4.69, 9.17) is 49.9 Å². The number of phosphoric acid groups is 1. The Kier molecular flexibility index (Phi) is 19.9. The summed E-state index contributed by atoms with van der Waals surface area (Å²) in [5.41, 5.74) is -2.74. The molecule has 0 aromatic heterocycles. The highest BCUT2D eigenvalue weighted by Crippen LogP contribution is 2.15. The Morgan fingerprint density at radius 3 is 1.06 bits per heavy atom. The highest BCUT2D eigenvalue weighted by Gasteiger charge is 2.40. The van der Waals surface area contributed by atoms with Crippen LogP contribution in [0.4, 0.5) is 0 Å². The van der Waals surface area contributed by atoms with E-state index in [0.717, 1.165) is 22.1 Å². The molecule has 0 aromatic rings. The van der Waals surface area contributed by atoms with Gasteiger partial charge < -0.3 is 58.9 Å². The first-order valence-electron chi connectivity index (χ1n) is 8.87. The number of carboxylic acid groups (broad SMARTS) is 3. The van der Waals surface area contributed by atoms with Crippen LogP contribution in [0.15, 0.2) is 0 Å². The molecule has 15 nitrogen and oxygen atoms in total. The van der Waals surface area contributed by atoms with Crippen molar-refractivity contribution in [2.45, 2.75) is 18.4 Å². The fourth-order valence-electron chi connectivity index (χ4n) is 1.31. The van der Waals surface area contributed by atoms with Crippen molar-refractivity contribution in [3.8, 4) is 0 Å². The van der Waals surface area contributed by atoms with Gasteiger partial charge in [-0.25, -0.2) is 4.79 Å². The number of aliphatic hydroxyl groups excluding tert-OH is 2. The Hall–Kier alpha value is -1.68. The molecule has 16 heteroatoms. The van der Waals surface area contributed by atoms with E-state index in [1.54, 1.807) is 0 Å². The van der Waals surface area contributed by atoms with Gasteiger partial charge in [0.15, 0.2) is 5.60 Å². The average Bonchev–Trinajstić information content (AvgIpc) is 2.41. The molecule has 0 aliphatic heterocycles. The van der Waals surface area contributed by atoms with Gasteiger partial charge >= 0.3 is 17.9 Å². The molecule has 0 saturated heterocycles. The molecule has 0 bridgehead atoms. The Morgan fingerprint density at radius 1 is 0.781 bits per heavy atom. The van der Waals surface area contributed by atoms with Gasteiger partial charge in [0.25, 0.3) is 0 Å². The molecule has 0 unspecified atom stereocenters. The van der Waals surface area contributed by atoms with Crippen LogP contribution in [-0.2, 0) is 18.9 Å². The first-order chi connectivity index (χ1) is 13.9. The van der Waals surface area contributed by atoms with Crippen LogP contribution < -0.4 is 9.79 Å². The molecule has 0 radical (unpaired) electrons. The molecule has 0 aromatic carbocycles. The monoisotopic (exact) mass is 496 g/mol. The average molecular weight is 496 g/mol. The fraction of sp³-hybridized carbons (Fsp3) is 0.812. The number of rotatable bonds is 9. The van der Waals surface area contributed by atoms with Gasteiger partial charge in [-0.15, -0.1) is 0 Å². The second-order valence-electron chi connectivity index (χ2n) is 8.42. The largest absolute Gasteiger partial charge is 0.790 e. The van der Waals surface area contributed by atoms with E-state index in [1.165, 1.54) is 0 Å². The van der Waals surface area contributed by atoms with Crippen molar-refractivity contribution in [2.75, 3.05) is 68.6 Å². The summed E-state index contributed by atoms with van der Waals surface area (Å²) in [5, 5.41) is 50.6. The molecule has 0 amide bonds. The first kappa shape index (κ1) is 37.6. The number of carboxylic acids is 3. The SMILES string of the molecule is C[N+](C)(C)CCO.C[N+](C)(C)CCO.O=C(O)CC(O)(CC(=O)O)C(=O)O.O=P([O-])([O-])O. The maximum Gasteiger partial charge on any atom is 0.336 e. The van der Waals surface area contributed by atoms with E-state index in [0.29, 0.717) is 0 Å². The van der Waals surface area contributed by atoms with Crippen LogP contribution in [0.2, 0.25) is 0 Å². The summed E-state index contributed by atoms with van der Waals surface area (Å²) in [6, 6.07) is 0. The predicted molar refractivity (Wildman–Crippen MR) is 107 cm³/mol. The number of nitrogens with zero attached hydrogens (tertiary/aromatic N) is 2. The highest BCUT2D eigenvalue weighted by atomic mass is 31.2. The van der Waals surface area contributed by atoms with Crippen molar-refractivity contribution in [1.29, 1.82) is 0 Å². The molecule has 0 aliphatic rings. The zero-order valence-corrected chi connectivity index (χ0v) is 20.1. The van der Waals surface area contributed by atoms with E-state index in [2.05, 4.69) is 42.3 Å². The van der Waals surface area contributed by atoms with Gasteiger partial charge in [-0.3, -0.25) is 9.59 Å². The summed E-state index contributed by atoms with van der Waals surface area (Å²) in [5.74, 6) is -5.02. The van der Waals surface area contributed by atoms with Crippen LogP contribution in [0, 0.1) is 0 Å². The quantitative estimate of drug-likeness (QED) is 0.118. The Morgan fingerprint density at radius 2 is 1.00 bits per heavy atom. The lowest BCUT2D eigenvalue weighted by Crippen LogP contribution is -2.42. The van der Waals surface area contributed by atoms with Crippen molar-refractivity contribution in [1.82, 2.24) is 0 Å². The molecule has 32 heavy (non-hydrogen) atoms. The number of aliphatic carboxylic acids is 3. The standard InChI is InChI=1S/C6H8O7.2C5H14NO.H3O4P/c7-3(8)1-6(13,5(11)12)2-4(9)10;2*1-6(2,3)4-5-7;1-5(2,3)4/h13H,1-2H2,(H,7,8)(H,9,10)(H,11,12);2*7H,4-5H2,1-3H3;(H3,1,2,3,4)/q;2*+1;/p-2. The van der Waals surface area contributed by atoms with Gasteiger partial charge in [0.2, 0.25) is 0 Å². The van der Waals surface area contributed by atoms with Crippen LogP contribution in [0.25, 0.3) is 0 Å². The molecule has 0 aliphatic carbocycles. The first-order valence-corrected chi connectivity index (χ1v) is 10.4. The molecule has 0 rings (SSSR count). The van der Waals surface area contributed by atoms with Crippen LogP contribution in [0.3, 0.4) is 0 Å². The van der Waals surface area contributed by atoms with Gasteiger partial charge in [-0.2, -0.15) is 0 Å². The van der Waals surface area contributed by atoms with Crippen LogP contribution in [-0.4, -0.2) is 137 Å². The van der Waals surface area contributed by atoms with E-state index in [-0.39, 0.29) is 13.2 Å². The van der Waals surface area contributed by atoms with Gasteiger partial charge in [0, 0.05) is 0 Å². The van der Waals surface area contributed by atoms with Crippen LogP contribution >= 0.6 is 7.82 Å². The third kappa shape index (κ3) is 42.4. The van der Waals surface area contributed by atoms with Crippen LogP contribution in [0.1, 0.15) is 12.8 Å². The lowest BCUT2D eigenvalue weighted by atomic mass is 9.96. The fourth-order valence-corrected chi connectivity index (χ4v) is 1.31. The number of quaternary nitrogens is 2. The minimum Gasteiger partial charge on any atom is -0.790 e. The Balaban J connectivity index is -0.000000176. The maximum absolute atomic E-state index is 10.3. The minimum atomic E-state index is -5.14. The molecule has 0 saturated carbocycles. The van der Waals surface area contributed by atoms with Gasteiger partial charge in [0.05, 0.1) is 76.2 Å². The molecule has 0 fully saturated rings. The summed E-state index contributed by atoms with van der Waals surface area (Å²) >= 11 is 0. The summed E-state index contributed by atoms with van der Waals surface area (Å²) in [4.78, 5) is 54.8. The molecule has 7 N–H and O–H groups in total. The summed E-state index contributed by atoms with van der Waals surface area (Å²) in [6.45, 7) is 2.23. The lowest BCUT2D eigenvalue weighted by Gasteiger charge is -2.21. The van der Waals surface area contributed by atoms with Crippen LogP contribution in [0.5, 0.6) is 0 Å². The number of likely N-dealkylation sites (N-methyl/N-ethyl adjacent to an activating group) is 2. The van der Waals surface area contributed by atoms with Crippen molar-refractivity contribution >= 4 is 25.7 Å². The molecular formula is C16H37N2O13P. The number of carbonyl (C=O) groups is 3. The second kappa shape index (κ2) is 16.9. The summed E-state index contributed by atoms with van der Waals surface area (Å²) < 4.78 is 10.3. The molecule has 0 heterocycles. The zero-order valence-electron chi connectivity index (χ0n) is 19.2. The zero-order chi connectivity index (χ0) is 27.0. The van der Waals surface area contributed by atoms with E-state index in [1.807, 2.05) is 0 Å². The van der Waals surface area contributed by atoms with Gasteiger partial charge in [0.1, 0.15) is 13.1 Å². The third-order valence-electron chi connectivity index (χ3n) is 2.83. The summed E-state index contributed by atoms with van der Waals surface area (Å²) in [6.07, 6.45) is -2.29. The van der Waals surface area contributed by atoms with Crippen molar-refractivity contribution in [2.24, 2.45) is 0 Å². The molecule has 0 spiro atoms. The Labute approximate surface area is 186 Å². The van der Waals surface area contributed by atoms with E-state index < -0.39 is 44.2 Å². The Bertz CT molecular complexity index is 553. The molecule has 0 atom stereocenters. The smallest absolute Gasteiger partial charge is 0.336 e. The number of aliphatic hydroxyl groups is 3. The van der Waals surface area contributed by atoms with Crippen molar-refractivity contribution in [3.05, 3.63) is 0 Å². The number of hydrogen-bond acceptors (Lipinski definition) is 9. The van der Waals surface area contributed by atoms with E-state index in [9.17, 15) is 14.4 Å². The second-order valence-corrected chi connectivity index (χ2v) is 9.36. The minimum absolute atomic E-state index is 0.281. The van der Waals surface area contributed by atoms with Gasteiger partial charge in [-0.1, -0.05) is 0 Å². The van der Waals surface area contributed by atoms with Gasteiger partial charge in [-0.05, 0) is 0 Å².